The average molecular weight is 272 g/mol. The Hall–Kier alpha value is -1.68. The van der Waals surface area contributed by atoms with Crippen molar-refractivity contribution >= 4 is 16.0 Å². The summed E-state index contributed by atoms with van der Waals surface area (Å²) in [5.41, 5.74) is -0.319. The van der Waals surface area contributed by atoms with E-state index in [4.69, 9.17) is 18.7 Å². The minimum Gasteiger partial charge on any atom is -0.364 e. The highest BCUT2D eigenvalue weighted by Gasteiger charge is 2.44. The van der Waals surface area contributed by atoms with Crippen molar-refractivity contribution in [2.45, 2.75) is 5.51 Å². The highest BCUT2D eigenvalue weighted by atomic mass is 32.2. The number of rotatable bonds is 1. The number of halogens is 3. The van der Waals surface area contributed by atoms with Gasteiger partial charge in [-0.1, -0.05) is 6.07 Å². The molecule has 0 saturated carbocycles. The molecule has 0 aliphatic carbocycles. The van der Waals surface area contributed by atoms with Gasteiger partial charge in [-0.25, -0.2) is 0 Å². The maximum atomic E-state index is 10.7. The molecule has 1 amide bonds. The van der Waals surface area contributed by atoms with Gasteiger partial charge in [-0.05, 0) is 12.1 Å². The van der Waals surface area contributed by atoms with Crippen molar-refractivity contribution in [2.75, 3.05) is 0 Å². The number of hydrogen-bond acceptors (Lipinski definition) is 4. The molecule has 0 atom stereocenters. The van der Waals surface area contributed by atoms with Gasteiger partial charge in [0, 0.05) is 6.20 Å². The molecule has 10 heteroatoms. The zero-order chi connectivity index (χ0) is 13.7. The molecule has 1 heterocycles. The molecule has 0 fully saturated rings. The van der Waals surface area contributed by atoms with Gasteiger partial charge in [0.05, 0.1) is 0 Å². The first-order chi connectivity index (χ1) is 7.55. The molecule has 0 bridgehead atoms. The molecule has 96 valence electrons. The Labute approximate surface area is 94.0 Å². The van der Waals surface area contributed by atoms with Gasteiger partial charge in [0.25, 0.3) is 5.91 Å². The van der Waals surface area contributed by atoms with E-state index in [-0.39, 0.29) is 0 Å². The van der Waals surface area contributed by atoms with Crippen LogP contribution in [0.4, 0.5) is 13.2 Å². The smallest absolute Gasteiger partial charge is 0.364 e. The molecular formula is C7H7F3N2O4S. The third-order valence-corrected chi connectivity index (χ3v) is 1.79. The van der Waals surface area contributed by atoms with Crippen LogP contribution in [0.25, 0.3) is 0 Å². The van der Waals surface area contributed by atoms with Gasteiger partial charge in [-0.15, -0.1) is 0 Å². The summed E-state index contributed by atoms with van der Waals surface area (Å²) in [6.07, 6.45) is 1.53. The van der Waals surface area contributed by atoms with Crippen LogP contribution in [-0.2, 0) is 10.1 Å². The number of aromatic nitrogens is 1. The molecule has 6 nitrogen and oxygen atoms in total. The van der Waals surface area contributed by atoms with Gasteiger partial charge >= 0.3 is 15.6 Å². The molecule has 3 N–H and O–H groups in total. The second-order valence-electron chi connectivity index (χ2n) is 2.50. The monoisotopic (exact) mass is 272 g/mol. The summed E-state index contributed by atoms with van der Waals surface area (Å²) in [5.74, 6) is -0.490. The number of carbonyl (C=O) groups excluding carboxylic acids is 1. The van der Waals surface area contributed by atoms with Crippen molar-refractivity contribution in [3.8, 4) is 0 Å². The zero-order valence-corrected chi connectivity index (χ0v) is 8.86. The van der Waals surface area contributed by atoms with Crippen LogP contribution in [0, 0.1) is 0 Å². The van der Waals surface area contributed by atoms with Crippen molar-refractivity contribution in [3.05, 3.63) is 30.1 Å². The Morgan fingerprint density at radius 1 is 1.35 bits per heavy atom. The number of nitrogens with two attached hydrogens (primary N) is 1. The molecule has 0 saturated heterocycles. The number of primary amides is 1. The van der Waals surface area contributed by atoms with E-state index in [1.54, 1.807) is 18.2 Å². The molecular weight excluding hydrogens is 265 g/mol. The van der Waals surface area contributed by atoms with Crippen LogP contribution < -0.4 is 5.73 Å². The SMILES string of the molecule is NC(=O)c1ccccn1.O=S(=O)(O)C(F)(F)F. The van der Waals surface area contributed by atoms with Gasteiger partial charge in [0.2, 0.25) is 0 Å². The van der Waals surface area contributed by atoms with E-state index < -0.39 is 21.5 Å². The summed E-state index contributed by atoms with van der Waals surface area (Å²) in [7, 11) is -5.84. The first-order valence-corrected chi connectivity index (χ1v) is 5.24. The molecule has 0 aromatic carbocycles. The number of alkyl halides is 3. The normalized spacial score (nSPS) is 11.3. The van der Waals surface area contributed by atoms with Crippen LogP contribution >= 0.6 is 0 Å². The lowest BCUT2D eigenvalue weighted by Crippen LogP contribution is -2.21. The fourth-order valence-corrected chi connectivity index (χ4v) is 0.509. The zero-order valence-electron chi connectivity index (χ0n) is 8.05. The number of carbonyl (C=O) groups is 1. The van der Waals surface area contributed by atoms with Crippen LogP contribution in [0.2, 0.25) is 0 Å². The summed E-state index contributed by atoms with van der Waals surface area (Å²) < 4.78 is 57.5. The van der Waals surface area contributed by atoms with Gasteiger partial charge in [-0.3, -0.25) is 14.3 Å². The molecule has 1 rings (SSSR count). The summed E-state index contributed by atoms with van der Waals surface area (Å²) in [4.78, 5) is 14.1. The third-order valence-electron chi connectivity index (χ3n) is 1.21. The van der Waals surface area contributed by atoms with Crippen LogP contribution in [0.3, 0.4) is 0 Å². The second-order valence-corrected chi connectivity index (χ2v) is 3.91. The third kappa shape index (κ3) is 5.82. The lowest BCUT2D eigenvalue weighted by atomic mass is 10.3. The predicted octanol–water partition coefficient (Wildman–Crippen LogP) is 0.575. The lowest BCUT2D eigenvalue weighted by Gasteiger charge is -1.97. The molecule has 1 aromatic rings. The molecule has 17 heavy (non-hydrogen) atoms. The number of amides is 1. The number of nitrogens with zero attached hydrogens (tertiary/aromatic N) is 1. The van der Waals surface area contributed by atoms with E-state index in [1.807, 2.05) is 0 Å². The Morgan fingerprint density at radius 2 is 1.82 bits per heavy atom. The maximum Gasteiger partial charge on any atom is 0.522 e. The van der Waals surface area contributed by atoms with Gasteiger partial charge in [-0.2, -0.15) is 21.6 Å². The van der Waals surface area contributed by atoms with Gasteiger partial charge in [0.1, 0.15) is 5.69 Å². The number of hydrogen-bond donors (Lipinski definition) is 2. The van der Waals surface area contributed by atoms with E-state index >= 15 is 0 Å². The van der Waals surface area contributed by atoms with E-state index in [0.717, 1.165) is 0 Å². The van der Waals surface area contributed by atoms with Gasteiger partial charge in [0.15, 0.2) is 0 Å². The molecule has 1 aromatic heterocycles. The van der Waals surface area contributed by atoms with Crippen molar-refractivity contribution in [1.29, 1.82) is 0 Å². The Bertz CT molecular complexity index is 472. The maximum absolute atomic E-state index is 10.7. The fraction of sp³-hybridized carbons (Fsp3) is 0.143. The van der Waals surface area contributed by atoms with E-state index in [9.17, 15) is 18.0 Å². The summed E-state index contributed by atoms with van der Waals surface area (Å²) in [6, 6.07) is 5.02. The largest absolute Gasteiger partial charge is 0.522 e. The van der Waals surface area contributed by atoms with Crippen molar-refractivity contribution in [2.24, 2.45) is 5.73 Å². The van der Waals surface area contributed by atoms with Crippen molar-refractivity contribution in [1.82, 2.24) is 4.98 Å². The highest BCUT2D eigenvalue weighted by Crippen LogP contribution is 2.20. The van der Waals surface area contributed by atoms with Crippen LogP contribution in [0.1, 0.15) is 10.5 Å². The first kappa shape index (κ1) is 15.3. The molecule has 0 radical (unpaired) electrons. The first-order valence-electron chi connectivity index (χ1n) is 3.80. The molecule has 0 aliphatic heterocycles. The van der Waals surface area contributed by atoms with Crippen molar-refractivity contribution in [3.63, 3.8) is 0 Å². The topological polar surface area (TPSA) is 110 Å². The van der Waals surface area contributed by atoms with Crippen LogP contribution in [0.15, 0.2) is 24.4 Å². The fourth-order valence-electron chi connectivity index (χ4n) is 0.509. The van der Waals surface area contributed by atoms with Crippen molar-refractivity contribution < 1.29 is 30.9 Å². The summed E-state index contributed by atoms with van der Waals surface area (Å²) >= 11 is 0. The Morgan fingerprint density at radius 3 is 2.00 bits per heavy atom. The second kappa shape index (κ2) is 5.59. The molecule has 0 unspecified atom stereocenters. The standard InChI is InChI=1S/C6H6N2O.CHF3O3S/c7-6(9)5-3-1-2-4-8-5;2-1(3,4)8(5,6)7/h1-4H,(H2,7,9);(H,5,6,7). The molecule has 0 spiro atoms. The molecule has 0 aliphatic rings. The quantitative estimate of drug-likeness (QED) is 0.573. The van der Waals surface area contributed by atoms with Crippen LogP contribution in [-0.4, -0.2) is 29.4 Å². The lowest BCUT2D eigenvalue weighted by molar-refractivity contribution is -0.0510. The predicted molar refractivity (Wildman–Crippen MR) is 50.4 cm³/mol. The minimum atomic E-state index is -5.84. The Kier molecular flexibility index (Phi) is 5.04. The minimum absolute atomic E-state index is 0.303. The average Bonchev–Trinajstić information content (AvgIpc) is 2.17. The van der Waals surface area contributed by atoms with Gasteiger partial charge < -0.3 is 5.73 Å². The van der Waals surface area contributed by atoms with E-state index in [1.165, 1.54) is 6.20 Å². The summed E-state index contributed by atoms with van der Waals surface area (Å²) in [5, 5.41) is 0. The van der Waals surface area contributed by atoms with E-state index in [2.05, 4.69) is 4.98 Å². The Balaban J connectivity index is 0.000000304. The number of pyridine rings is 1. The van der Waals surface area contributed by atoms with Crippen LogP contribution in [0.5, 0.6) is 0 Å². The highest BCUT2D eigenvalue weighted by molar-refractivity contribution is 7.86. The van der Waals surface area contributed by atoms with E-state index in [0.29, 0.717) is 5.69 Å². The summed E-state index contributed by atoms with van der Waals surface area (Å²) in [6.45, 7) is 0.